The highest BCUT2D eigenvalue weighted by atomic mass is 32.1. The van der Waals surface area contributed by atoms with Crippen LogP contribution in [-0.4, -0.2) is 47.1 Å². The van der Waals surface area contributed by atoms with Crippen molar-refractivity contribution in [1.29, 1.82) is 0 Å². The summed E-state index contributed by atoms with van der Waals surface area (Å²) >= 11 is 1.66. The Bertz CT molecular complexity index is 596. The number of hydrogen-bond donors (Lipinski definition) is 1. The number of nitrogens with zero attached hydrogens (tertiary/aromatic N) is 4. The minimum Gasteiger partial charge on any atom is -0.352 e. The van der Waals surface area contributed by atoms with Crippen LogP contribution in [0.1, 0.15) is 17.8 Å². The van der Waals surface area contributed by atoms with Gasteiger partial charge in [-0.2, -0.15) is 0 Å². The van der Waals surface area contributed by atoms with Crippen LogP contribution >= 0.6 is 11.3 Å². The standard InChI is InChI=1S/C15H19N5OS/c1-12(13-3-2-10-22-13)18-15(21)20-8-6-19(7-9-20)14-11-16-4-5-17-14/h2-5,10-12H,6-9H2,1H3,(H,18,21)/t12-/m1/s1. The quantitative estimate of drug-likeness (QED) is 0.942. The molecule has 0 spiro atoms. The van der Waals surface area contributed by atoms with Gasteiger partial charge in [0.2, 0.25) is 0 Å². The molecule has 6 nitrogen and oxygen atoms in total. The molecular formula is C15H19N5OS. The maximum Gasteiger partial charge on any atom is 0.318 e. The van der Waals surface area contributed by atoms with Crippen molar-refractivity contribution >= 4 is 23.2 Å². The van der Waals surface area contributed by atoms with Crippen LogP contribution in [0.2, 0.25) is 0 Å². The first kappa shape index (κ1) is 14.8. The predicted molar refractivity (Wildman–Crippen MR) is 87.1 cm³/mol. The molecule has 22 heavy (non-hydrogen) atoms. The van der Waals surface area contributed by atoms with Crippen molar-refractivity contribution in [2.24, 2.45) is 0 Å². The Kier molecular flexibility index (Phi) is 4.53. The van der Waals surface area contributed by atoms with Crippen LogP contribution < -0.4 is 10.2 Å². The van der Waals surface area contributed by atoms with Crippen LogP contribution in [0.3, 0.4) is 0 Å². The van der Waals surface area contributed by atoms with Gasteiger partial charge in [-0.15, -0.1) is 11.3 Å². The van der Waals surface area contributed by atoms with Crippen LogP contribution in [-0.2, 0) is 0 Å². The number of thiophene rings is 1. The van der Waals surface area contributed by atoms with Gasteiger partial charge in [-0.1, -0.05) is 6.07 Å². The van der Waals surface area contributed by atoms with Crippen molar-refractivity contribution in [2.45, 2.75) is 13.0 Å². The number of anilines is 1. The van der Waals surface area contributed by atoms with Gasteiger partial charge in [-0.05, 0) is 18.4 Å². The molecule has 1 fully saturated rings. The Morgan fingerprint density at radius 2 is 2.14 bits per heavy atom. The zero-order valence-electron chi connectivity index (χ0n) is 12.5. The van der Waals surface area contributed by atoms with E-state index in [0.29, 0.717) is 13.1 Å². The van der Waals surface area contributed by atoms with E-state index >= 15 is 0 Å². The van der Waals surface area contributed by atoms with Gasteiger partial charge in [0.1, 0.15) is 5.82 Å². The van der Waals surface area contributed by atoms with E-state index in [0.717, 1.165) is 18.9 Å². The van der Waals surface area contributed by atoms with Gasteiger partial charge in [-0.25, -0.2) is 9.78 Å². The topological polar surface area (TPSA) is 61.4 Å². The van der Waals surface area contributed by atoms with Crippen molar-refractivity contribution < 1.29 is 4.79 Å². The van der Waals surface area contributed by atoms with Crippen LogP contribution in [0.4, 0.5) is 10.6 Å². The van der Waals surface area contributed by atoms with E-state index in [4.69, 9.17) is 0 Å². The molecule has 3 heterocycles. The molecule has 0 saturated carbocycles. The first-order valence-corrected chi connectivity index (χ1v) is 8.22. The molecule has 3 rings (SSSR count). The third-order valence-electron chi connectivity index (χ3n) is 3.75. The number of nitrogens with one attached hydrogen (secondary N) is 1. The van der Waals surface area contributed by atoms with Gasteiger partial charge >= 0.3 is 6.03 Å². The number of carbonyl (C=O) groups is 1. The van der Waals surface area contributed by atoms with Gasteiger partial charge < -0.3 is 15.1 Å². The number of amides is 2. The summed E-state index contributed by atoms with van der Waals surface area (Å²) < 4.78 is 0. The van der Waals surface area contributed by atoms with Crippen molar-refractivity contribution in [3.05, 3.63) is 41.0 Å². The molecule has 2 amide bonds. The van der Waals surface area contributed by atoms with Crippen molar-refractivity contribution in [3.63, 3.8) is 0 Å². The van der Waals surface area contributed by atoms with Crippen molar-refractivity contribution in [2.75, 3.05) is 31.1 Å². The molecule has 0 aliphatic carbocycles. The zero-order valence-corrected chi connectivity index (χ0v) is 13.3. The van der Waals surface area contributed by atoms with E-state index in [9.17, 15) is 4.79 Å². The lowest BCUT2D eigenvalue weighted by Crippen LogP contribution is -2.52. The van der Waals surface area contributed by atoms with Crippen LogP contribution in [0, 0.1) is 0 Å². The van der Waals surface area contributed by atoms with Gasteiger partial charge in [0, 0.05) is 43.4 Å². The minimum absolute atomic E-state index is 0.000282. The Morgan fingerprint density at radius 3 is 2.77 bits per heavy atom. The molecule has 7 heteroatoms. The van der Waals surface area contributed by atoms with Gasteiger partial charge in [0.05, 0.1) is 12.2 Å². The van der Waals surface area contributed by atoms with E-state index in [2.05, 4.69) is 20.2 Å². The molecule has 1 aliphatic heterocycles. The molecule has 0 radical (unpaired) electrons. The Balaban J connectivity index is 1.52. The predicted octanol–water partition coefficient (Wildman–Crippen LogP) is 2.13. The van der Waals surface area contributed by atoms with Gasteiger partial charge in [0.25, 0.3) is 0 Å². The molecule has 116 valence electrons. The lowest BCUT2D eigenvalue weighted by atomic mass is 10.3. The fourth-order valence-corrected chi connectivity index (χ4v) is 3.21. The van der Waals surface area contributed by atoms with E-state index in [1.54, 1.807) is 29.9 Å². The Morgan fingerprint density at radius 1 is 1.32 bits per heavy atom. The van der Waals surface area contributed by atoms with Crippen molar-refractivity contribution in [3.8, 4) is 0 Å². The average molecular weight is 317 g/mol. The van der Waals surface area contributed by atoms with E-state index in [-0.39, 0.29) is 12.1 Å². The normalized spacial score (nSPS) is 16.4. The summed E-state index contributed by atoms with van der Waals surface area (Å²) in [6.45, 7) is 4.96. The number of urea groups is 1. The second kappa shape index (κ2) is 6.74. The third kappa shape index (κ3) is 3.36. The molecule has 0 unspecified atom stereocenters. The first-order chi connectivity index (χ1) is 10.7. The lowest BCUT2D eigenvalue weighted by molar-refractivity contribution is 0.191. The summed E-state index contributed by atoms with van der Waals surface area (Å²) in [4.78, 5) is 25.9. The number of carbonyl (C=O) groups excluding carboxylic acids is 1. The summed E-state index contributed by atoms with van der Waals surface area (Å²) in [6.07, 6.45) is 5.12. The summed E-state index contributed by atoms with van der Waals surface area (Å²) in [5, 5.41) is 5.08. The molecule has 2 aromatic heterocycles. The Hall–Kier alpha value is -2.15. The largest absolute Gasteiger partial charge is 0.352 e. The zero-order chi connectivity index (χ0) is 15.4. The van der Waals surface area contributed by atoms with Crippen LogP contribution in [0.5, 0.6) is 0 Å². The number of rotatable bonds is 3. The average Bonchev–Trinajstić information content (AvgIpc) is 3.10. The van der Waals surface area contributed by atoms with Gasteiger partial charge in [-0.3, -0.25) is 4.98 Å². The molecule has 1 atom stereocenters. The molecule has 1 saturated heterocycles. The second-order valence-corrected chi connectivity index (χ2v) is 6.20. The summed E-state index contributed by atoms with van der Waals surface area (Å²) in [7, 11) is 0. The molecule has 2 aromatic rings. The highest BCUT2D eigenvalue weighted by Gasteiger charge is 2.23. The van der Waals surface area contributed by atoms with E-state index in [1.807, 2.05) is 29.3 Å². The minimum atomic E-state index is -0.000282. The SMILES string of the molecule is C[C@@H](NC(=O)N1CCN(c2cnccn2)CC1)c1cccs1. The number of aromatic nitrogens is 2. The Labute approximate surface area is 133 Å². The van der Waals surface area contributed by atoms with Crippen molar-refractivity contribution in [1.82, 2.24) is 20.2 Å². The van der Waals surface area contributed by atoms with Gasteiger partial charge in [0.15, 0.2) is 0 Å². The van der Waals surface area contributed by atoms with E-state index in [1.165, 1.54) is 4.88 Å². The smallest absolute Gasteiger partial charge is 0.318 e. The first-order valence-electron chi connectivity index (χ1n) is 7.34. The highest BCUT2D eigenvalue weighted by molar-refractivity contribution is 7.10. The fourth-order valence-electron chi connectivity index (χ4n) is 2.48. The maximum atomic E-state index is 12.3. The summed E-state index contributed by atoms with van der Waals surface area (Å²) in [5.41, 5.74) is 0. The molecule has 0 bridgehead atoms. The maximum absolute atomic E-state index is 12.3. The van der Waals surface area contributed by atoms with Crippen LogP contribution in [0.15, 0.2) is 36.1 Å². The third-order valence-corrected chi connectivity index (χ3v) is 4.81. The summed E-state index contributed by atoms with van der Waals surface area (Å²) in [5.74, 6) is 0.870. The number of piperazine rings is 1. The van der Waals surface area contributed by atoms with Crippen LogP contribution in [0.25, 0.3) is 0 Å². The molecular weight excluding hydrogens is 298 g/mol. The molecule has 1 N–H and O–H groups in total. The molecule has 0 aromatic carbocycles. The fraction of sp³-hybridized carbons (Fsp3) is 0.400. The second-order valence-electron chi connectivity index (χ2n) is 5.22. The van der Waals surface area contributed by atoms with E-state index < -0.39 is 0 Å². The monoisotopic (exact) mass is 317 g/mol. The molecule has 1 aliphatic rings. The summed E-state index contributed by atoms with van der Waals surface area (Å²) in [6, 6.07) is 4.09. The number of hydrogen-bond acceptors (Lipinski definition) is 5. The highest BCUT2D eigenvalue weighted by Crippen LogP contribution is 2.18. The lowest BCUT2D eigenvalue weighted by Gasteiger charge is -2.35.